The van der Waals surface area contributed by atoms with E-state index in [0.29, 0.717) is 0 Å². The SMILES string of the molecule is O=C(O)c1cccn(-c2cccc(OC(F)(F)F)c2)c1=O. The Hall–Kier alpha value is -2.77. The minimum Gasteiger partial charge on any atom is -0.477 e. The molecule has 1 heterocycles. The maximum absolute atomic E-state index is 12.2. The highest BCUT2D eigenvalue weighted by Crippen LogP contribution is 2.24. The summed E-state index contributed by atoms with van der Waals surface area (Å²) in [4.78, 5) is 22.8. The zero-order valence-corrected chi connectivity index (χ0v) is 10.3. The summed E-state index contributed by atoms with van der Waals surface area (Å²) < 4.78 is 41.1. The highest BCUT2D eigenvalue weighted by Gasteiger charge is 2.31. The maximum atomic E-state index is 12.2. The molecular formula is C13H8F3NO4. The minimum absolute atomic E-state index is 0.0600. The van der Waals surface area contributed by atoms with E-state index in [1.807, 2.05) is 0 Å². The Labute approximate surface area is 115 Å². The Bertz CT molecular complexity index is 737. The van der Waals surface area contributed by atoms with Gasteiger partial charge in [-0.1, -0.05) is 6.07 Å². The molecular weight excluding hydrogens is 291 g/mol. The van der Waals surface area contributed by atoms with Crippen LogP contribution in [0, 0.1) is 0 Å². The van der Waals surface area contributed by atoms with Gasteiger partial charge in [-0.15, -0.1) is 13.2 Å². The average molecular weight is 299 g/mol. The molecule has 8 heteroatoms. The number of carboxylic acids is 1. The number of ether oxygens (including phenoxy) is 1. The molecule has 1 N–H and O–H groups in total. The van der Waals surface area contributed by atoms with Gasteiger partial charge in [-0.2, -0.15) is 0 Å². The third-order valence-electron chi connectivity index (χ3n) is 2.51. The van der Waals surface area contributed by atoms with E-state index in [0.717, 1.165) is 22.8 Å². The number of aromatic nitrogens is 1. The van der Waals surface area contributed by atoms with Crippen molar-refractivity contribution in [1.29, 1.82) is 0 Å². The van der Waals surface area contributed by atoms with Gasteiger partial charge in [0.2, 0.25) is 0 Å². The first kappa shape index (κ1) is 14.6. The summed E-state index contributed by atoms with van der Waals surface area (Å²) >= 11 is 0. The topological polar surface area (TPSA) is 68.5 Å². The number of hydrogen-bond donors (Lipinski definition) is 1. The molecule has 2 rings (SSSR count). The van der Waals surface area contributed by atoms with Crippen molar-refractivity contribution >= 4 is 5.97 Å². The van der Waals surface area contributed by atoms with Crippen molar-refractivity contribution in [3.05, 3.63) is 58.5 Å². The van der Waals surface area contributed by atoms with Crippen LogP contribution in [0.4, 0.5) is 13.2 Å². The largest absolute Gasteiger partial charge is 0.573 e. The third kappa shape index (κ3) is 3.41. The molecule has 5 nitrogen and oxygen atoms in total. The molecule has 0 aliphatic heterocycles. The van der Waals surface area contributed by atoms with Crippen molar-refractivity contribution in [1.82, 2.24) is 4.57 Å². The number of aromatic carboxylic acids is 1. The second-order valence-electron chi connectivity index (χ2n) is 3.95. The number of carboxylic acid groups (broad SMARTS) is 1. The van der Waals surface area contributed by atoms with Crippen LogP contribution in [0.5, 0.6) is 5.75 Å². The minimum atomic E-state index is -4.85. The smallest absolute Gasteiger partial charge is 0.477 e. The molecule has 0 aliphatic carbocycles. The highest BCUT2D eigenvalue weighted by molar-refractivity contribution is 5.87. The van der Waals surface area contributed by atoms with Gasteiger partial charge in [-0.05, 0) is 24.3 Å². The first-order chi connectivity index (χ1) is 9.78. The fourth-order valence-corrected chi connectivity index (χ4v) is 1.69. The van der Waals surface area contributed by atoms with Gasteiger partial charge in [0.05, 0.1) is 5.69 Å². The van der Waals surface area contributed by atoms with Gasteiger partial charge in [0, 0.05) is 12.3 Å². The average Bonchev–Trinajstić information content (AvgIpc) is 2.36. The van der Waals surface area contributed by atoms with E-state index in [-0.39, 0.29) is 5.69 Å². The van der Waals surface area contributed by atoms with Gasteiger partial charge in [0.1, 0.15) is 11.3 Å². The number of nitrogens with zero attached hydrogens (tertiary/aromatic N) is 1. The Morgan fingerprint density at radius 1 is 1.19 bits per heavy atom. The van der Waals surface area contributed by atoms with E-state index in [2.05, 4.69) is 4.74 Å². The lowest BCUT2D eigenvalue weighted by atomic mass is 10.2. The summed E-state index contributed by atoms with van der Waals surface area (Å²) in [7, 11) is 0. The lowest BCUT2D eigenvalue weighted by Crippen LogP contribution is -2.24. The maximum Gasteiger partial charge on any atom is 0.573 e. The summed E-state index contributed by atoms with van der Waals surface area (Å²) in [5, 5.41) is 8.86. The van der Waals surface area contributed by atoms with Crippen LogP contribution in [-0.4, -0.2) is 22.0 Å². The van der Waals surface area contributed by atoms with E-state index >= 15 is 0 Å². The second kappa shape index (κ2) is 5.31. The van der Waals surface area contributed by atoms with Crippen LogP contribution >= 0.6 is 0 Å². The zero-order chi connectivity index (χ0) is 15.6. The molecule has 1 aromatic heterocycles. The number of alkyl halides is 3. The van der Waals surface area contributed by atoms with Gasteiger partial charge < -0.3 is 9.84 Å². The van der Waals surface area contributed by atoms with Crippen LogP contribution in [0.25, 0.3) is 5.69 Å². The molecule has 0 unspecified atom stereocenters. The van der Waals surface area contributed by atoms with E-state index in [9.17, 15) is 22.8 Å². The fraction of sp³-hybridized carbons (Fsp3) is 0.0769. The molecule has 0 amide bonds. The van der Waals surface area contributed by atoms with Crippen LogP contribution in [0.1, 0.15) is 10.4 Å². The number of halogens is 3. The molecule has 110 valence electrons. The van der Waals surface area contributed by atoms with Crippen LogP contribution in [0.15, 0.2) is 47.4 Å². The van der Waals surface area contributed by atoms with Gasteiger partial charge in [0.25, 0.3) is 5.56 Å². The third-order valence-corrected chi connectivity index (χ3v) is 2.51. The van der Waals surface area contributed by atoms with E-state index in [1.165, 1.54) is 24.4 Å². The predicted octanol–water partition coefficient (Wildman–Crippen LogP) is 2.43. The Kier molecular flexibility index (Phi) is 3.70. The van der Waals surface area contributed by atoms with Crippen LogP contribution in [0.3, 0.4) is 0 Å². The predicted molar refractivity (Wildman–Crippen MR) is 65.7 cm³/mol. The summed E-state index contributed by atoms with van der Waals surface area (Å²) in [5.41, 5.74) is -1.28. The number of benzene rings is 1. The van der Waals surface area contributed by atoms with Gasteiger partial charge in [-0.25, -0.2) is 4.79 Å². The monoisotopic (exact) mass is 299 g/mol. The Balaban J connectivity index is 2.48. The van der Waals surface area contributed by atoms with Gasteiger partial charge >= 0.3 is 12.3 Å². The molecule has 0 saturated heterocycles. The van der Waals surface area contributed by atoms with Crippen LogP contribution in [0.2, 0.25) is 0 Å². The molecule has 0 bridgehead atoms. The standard InChI is InChI=1S/C13H8F3NO4/c14-13(15,16)21-9-4-1-3-8(7-9)17-6-2-5-10(11(17)18)12(19)20/h1-7H,(H,19,20). The first-order valence-corrected chi connectivity index (χ1v) is 5.59. The Morgan fingerprint density at radius 3 is 2.52 bits per heavy atom. The quantitative estimate of drug-likeness (QED) is 0.945. The molecule has 0 fully saturated rings. The molecule has 21 heavy (non-hydrogen) atoms. The van der Waals surface area contributed by atoms with Crippen molar-refractivity contribution in [3.8, 4) is 11.4 Å². The Morgan fingerprint density at radius 2 is 1.90 bits per heavy atom. The van der Waals surface area contributed by atoms with E-state index in [1.54, 1.807) is 0 Å². The normalized spacial score (nSPS) is 11.2. The number of rotatable bonds is 3. The van der Waals surface area contributed by atoms with Gasteiger partial charge in [-0.3, -0.25) is 9.36 Å². The molecule has 0 spiro atoms. The number of hydrogen-bond acceptors (Lipinski definition) is 3. The van der Waals surface area contributed by atoms with Crippen molar-refractivity contribution in [3.63, 3.8) is 0 Å². The van der Waals surface area contributed by atoms with Crippen molar-refractivity contribution in [2.45, 2.75) is 6.36 Å². The molecule has 0 radical (unpaired) electrons. The lowest BCUT2D eigenvalue weighted by molar-refractivity contribution is -0.274. The highest BCUT2D eigenvalue weighted by atomic mass is 19.4. The molecule has 2 aromatic rings. The summed E-state index contributed by atoms with van der Waals surface area (Å²) in [6.45, 7) is 0. The van der Waals surface area contributed by atoms with E-state index in [4.69, 9.17) is 5.11 Å². The van der Waals surface area contributed by atoms with Crippen molar-refractivity contribution < 1.29 is 27.8 Å². The molecule has 0 atom stereocenters. The van der Waals surface area contributed by atoms with Gasteiger partial charge in [0.15, 0.2) is 0 Å². The van der Waals surface area contributed by atoms with Crippen molar-refractivity contribution in [2.24, 2.45) is 0 Å². The summed E-state index contributed by atoms with van der Waals surface area (Å²) in [6, 6.07) is 7.09. The number of carbonyl (C=O) groups is 1. The molecule has 0 aliphatic rings. The summed E-state index contributed by atoms with van der Waals surface area (Å²) in [5.74, 6) is -1.93. The molecule has 1 aromatic carbocycles. The zero-order valence-electron chi connectivity index (χ0n) is 10.3. The fourth-order valence-electron chi connectivity index (χ4n) is 1.69. The lowest BCUT2D eigenvalue weighted by Gasteiger charge is -2.11. The van der Waals surface area contributed by atoms with Crippen molar-refractivity contribution in [2.75, 3.05) is 0 Å². The second-order valence-corrected chi connectivity index (χ2v) is 3.95. The first-order valence-electron chi connectivity index (χ1n) is 5.59. The number of pyridine rings is 1. The summed E-state index contributed by atoms with van der Waals surface area (Å²) in [6.07, 6.45) is -3.60. The van der Waals surface area contributed by atoms with Crippen LogP contribution < -0.4 is 10.3 Å². The molecule has 0 saturated carbocycles. The van der Waals surface area contributed by atoms with E-state index < -0.39 is 29.2 Å². The van der Waals surface area contributed by atoms with Crippen LogP contribution in [-0.2, 0) is 0 Å².